The van der Waals surface area contributed by atoms with Crippen molar-refractivity contribution in [3.05, 3.63) is 17.5 Å². The molecule has 1 rings (SSSR count). The summed E-state index contributed by atoms with van der Waals surface area (Å²) in [4.78, 5) is 11.5. The van der Waals surface area contributed by atoms with Crippen molar-refractivity contribution < 1.29 is 9.53 Å². The van der Waals surface area contributed by atoms with Crippen LogP contribution in [0.2, 0.25) is 0 Å². The second-order valence-electron chi connectivity index (χ2n) is 6.28. The Morgan fingerprint density at radius 2 is 1.52 bits per heavy atom. The number of aromatic amines is 1. The molecule has 0 aliphatic rings. The van der Waals surface area contributed by atoms with Crippen molar-refractivity contribution in [2.75, 3.05) is 6.61 Å². The average Bonchev–Trinajstić information content (AvgIpc) is 3.02. The molecule has 132 valence electrons. The highest BCUT2D eigenvalue weighted by Gasteiger charge is 2.10. The fourth-order valence-corrected chi connectivity index (χ4v) is 2.78. The van der Waals surface area contributed by atoms with Crippen LogP contribution in [-0.2, 0) is 11.2 Å². The number of ether oxygens (including phenoxy) is 1. The van der Waals surface area contributed by atoms with Crippen molar-refractivity contribution in [2.24, 2.45) is 0 Å². The lowest BCUT2D eigenvalue weighted by Crippen LogP contribution is -2.04. The van der Waals surface area contributed by atoms with Crippen molar-refractivity contribution >= 4 is 5.97 Å². The van der Waals surface area contributed by atoms with Crippen LogP contribution >= 0.6 is 0 Å². The molecule has 0 atom stereocenters. The van der Waals surface area contributed by atoms with Crippen LogP contribution in [0.3, 0.4) is 0 Å². The third-order valence-electron chi connectivity index (χ3n) is 4.17. The maximum Gasteiger partial charge on any atom is 0.358 e. The third kappa shape index (κ3) is 9.42. The second-order valence-corrected chi connectivity index (χ2v) is 6.28. The smallest absolute Gasteiger partial charge is 0.358 e. The fraction of sp³-hybridized carbons (Fsp3) is 0.789. The summed E-state index contributed by atoms with van der Waals surface area (Å²) in [6.45, 7) is 4.46. The summed E-state index contributed by atoms with van der Waals surface area (Å²) in [6.07, 6.45) is 15.8. The number of nitrogens with zero attached hydrogens (tertiary/aromatic N) is 1. The Kier molecular flexibility index (Phi) is 11.3. The SMILES string of the molecule is CCCCCCCCCCCCCc1cc(C(=O)OCC)n[nH]1. The van der Waals surface area contributed by atoms with E-state index < -0.39 is 0 Å². The summed E-state index contributed by atoms with van der Waals surface area (Å²) in [7, 11) is 0. The van der Waals surface area contributed by atoms with E-state index in [0.717, 1.165) is 18.5 Å². The Labute approximate surface area is 141 Å². The second kappa shape index (κ2) is 13.1. The van der Waals surface area contributed by atoms with E-state index >= 15 is 0 Å². The lowest BCUT2D eigenvalue weighted by Gasteiger charge is -2.02. The van der Waals surface area contributed by atoms with Crippen LogP contribution in [0.1, 0.15) is 101 Å². The van der Waals surface area contributed by atoms with Gasteiger partial charge >= 0.3 is 5.97 Å². The van der Waals surface area contributed by atoms with Crippen molar-refractivity contribution in [2.45, 2.75) is 90.9 Å². The molecule has 0 aliphatic heterocycles. The lowest BCUT2D eigenvalue weighted by molar-refractivity contribution is 0.0519. The monoisotopic (exact) mass is 322 g/mol. The normalized spacial score (nSPS) is 10.9. The summed E-state index contributed by atoms with van der Waals surface area (Å²) in [5.74, 6) is -0.339. The molecule has 0 aromatic carbocycles. The topological polar surface area (TPSA) is 55.0 Å². The standard InChI is InChI=1S/C19H34N2O2/c1-3-5-6-7-8-9-10-11-12-13-14-15-17-16-18(21-20-17)19(22)23-4-2/h16H,3-15H2,1-2H3,(H,20,21). The van der Waals surface area contributed by atoms with Gasteiger partial charge in [0.1, 0.15) is 0 Å². The van der Waals surface area contributed by atoms with Crippen molar-refractivity contribution in [3.8, 4) is 0 Å². The van der Waals surface area contributed by atoms with E-state index in [4.69, 9.17) is 4.74 Å². The maximum atomic E-state index is 11.5. The molecule has 4 nitrogen and oxygen atoms in total. The van der Waals surface area contributed by atoms with Gasteiger partial charge in [0.15, 0.2) is 5.69 Å². The third-order valence-corrected chi connectivity index (χ3v) is 4.17. The van der Waals surface area contributed by atoms with E-state index in [9.17, 15) is 4.79 Å². The van der Waals surface area contributed by atoms with Gasteiger partial charge in [0.25, 0.3) is 0 Å². The minimum atomic E-state index is -0.339. The molecule has 1 N–H and O–H groups in total. The number of carbonyl (C=O) groups excluding carboxylic acids is 1. The Hall–Kier alpha value is -1.32. The number of aryl methyl sites for hydroxylation is 1. The Bertz CT molecular complexity index is 415. The van der Waals surface area contributed by atoms with Crippen molar-refractivity contribution in [3.63, 3.8) is 0 Å². The lowest BCUT2D eigenvalue weighted by atomic mass is 10.0. The van der Waals surface area contributed by atoms with Crippen LogP contribution in [0.5, 0.6) is 0 Å². The molecular weight excluding hydrogens is 288 g/mol. The first-order valence-electron chi connectivity index (χ1n) is 9.49. The van der Waals surface area contributed by atoms with E-state index in [1.165, 1.54) is 64.2 Å². The van der Waals surface area contributed by atoms with E-state index in [2.05, 4.69) is 17.1 Å². The van der Waals surface area contributed by atoms with Crippen LogP contribution in [-0.4, -0.2) is 22.8 Å². The zero-order valence-corrected chi connectivity index (χ0v) is 15.0. The molecule has 0 fully saturated rings. The molecule has 23 heavy (non-hydrogen) atoms. The summed E-state index contributed by atoms with van der Waals surface area (Å²) in [5, 5.41) is 6.93. The van der Waals surface area contributed by atoms with Gasteiger partial charge in [-0.3, -0.25) is 5.10 Å². The molecule has 1 aromatic heterocycles. The average molecular weight is 322 g/mol. The van der Waals surface area contributed by atoms with Gasteiger partial charge < -0.3 is 4.74 Å². The first kappa shape index (κ1) is 19.7. The molecule has 0 saturated heterocycles. The Morgan fingerprint density at radius 3 is 2.09 bits per heavy atom. The molecule has 0 saturated carbocycles. The van der Waals surface area contributed by atoms with Crippen LogP contribution in [0, 0.1) is 0 Å². The molecule has 4 heteroatoms. The Balaban J connectivity index is 1.96. The summed E-state index contributed by atoms with van der Waals surface area (Å²) >= 11 is 0. The summed E-state index contributed by atoms with van der Waals surface area (Å²) in [5.41, 5.74) is 1.42. The highest BCUT2D eigenvalue weighted by Crippen LogP contribution is 2.12. The summed E-state index contributed by atoms with van der Waals surface area (Å²) < 4.78 is 4.93. The molecule has 0 amide bonds. The van der Waals surface area contributed by atoms with Gasteiger partial charge in [-0.05, 0) is 25.8 Å². The molecule has 0 aliphatic carbocycles. The number of unbranched alkanes of at least 4 members (excludes halogenated alkanes) is 10. The fourth-order valence-electron chi connectivity index (χ4n) is 2.78. The van der Waals surface area contributed by atoms with E-state index in [-0.39, 0.29) is 5.97 Å². The Morgan fingerprint density at radius 1 is 0.957 bits per heavy atom. The molecule has 0 spiro atoms. The van der Waals surface area contributed by atoms with Crippen LogP contribution < -0.4 is 0 Å². The number of hydrogen-bond acceptors (Lipinski definition) is 3. The zero-order chi connectivity index (χ0) is 16.8. The van der Waals surface area contributed by atoms with Crippen LogP contribution in [0.15, 0.2) is 6.07 Å². The molecule has 0 radical (unpaired) electrons. The number of aromatic nitrogens is 2. The largest absolute Gasteiger partial charge is 0.461 e. The number of H-pyrrole nitrogens is 1. The number of carbonyl (C=O) groups is 1. The molecule has 1 heterocycles. The predicted molar refractivity (Wildman–Crippen MR) is 94.7 cm³/mol. The van der Waals surface area contributed by atoms with Crippen molar-refractivity contribution in [1.82, 2.24) is 10.2 Å². The predicted octanol–water partition coefficient (Wildman–Crippen LogP) is 5.44. The highest BCUT2D eigenvalue weighted by atomic mass is 16.5. The van der Waals surface area contributed by atoms with E-state index in [1.807, 2.05) is 6.07 Å². The molecule has 0 unspecified atom stereocenters. The van der Waals surface area contributed by atoms with Gasteiger partial charge in [-0.2, -0.15) is 5.10 Å². The highest BCUT2D eigenvalue weighted by molar-refractivity contribution is 5.87. The zero-order valence-electron chi connectivity index (χ0n) is 15.0. The maximum absolute atomic E-state index is 11.5. The minimum Gasteiger partial charge on any atom is -0.461 e. The van der Waals surface area contributed by atoms with Crippen LogP contribution in [0.25, 0.3) is 0 Å². The number of esters is 1. The summed E-state index contributed by atoms with van der Waals surface area (Å²) in [6, 6.07) is 1.81. The van der Waals surface area contributed by atoms with Gasteiger partial charge in [-0.25, -0.2) is 4.79 Å². The number of hydrogen-bond donors (Lipinski definition) is 1. The first-order chi connectivity index (χ1) is 11.3. The quantitative estimate of drug-likeness (QED) is 0.366. The number of nitrogens with one attached hydrogen (secondary N) is 1. The van der Waals surface area contributed by atoms with Gasteiger partial charge in [0.05, 0.1) is 6.61 Å². The van der Waals surface area contributed by atoms with E-state index in [1.54, 1.807) is 6.92 Å². The van der Waals surface area contributed by atoms with Crippen LogP contribution in [0.4, 0.5) is 0 Å². The van der Waals surface area contributed by atoms with Gasteiger partial charge in [0, 0.05) is 5.69 Å². The van der Waals surface area contributed by atoms with Gasteiger partial charge in [0.2, 0.25) is 0 Å². The minimum absolute atomic E-state index is 0.339. The van der Waals surface area contributed by atoms with Gasteiger partial charge in [-0.1, -0.05) is 71.1 Å². The van der Waals surface area contributed by atoms with E-state index in [0.29, 0.717) is 12.3 Å². The van der Waals surface area contributed by atoms with Crippen molar-refractivity contribution in [1.29, 1.82) is 0 Å². The molecule has 1 aromatic rings. The van der Waals surface area contributed by atoms with Gasteiger partial charge in [-0.15, -0.1) is 0 Å². The first-order valence-corrected chi connectivity index (χ1v) is 9.49. The molecule has 0 bridgehead atoms. The number of rotatable bonds is 14. The molecular formula is C19H34N2O2.